The van der Waals surface area contributed by atoms with Crippen LogP contribution in [0, 0.1) is 6.92 Å². The summed E-state index contributed by atoms with van der Waals surface area (Å²) < 4.78 is 0. The Kier molecular flexibility index (Phi) is 5.84. The highest BCUT2D eigenvalue weighted by molar-refractivity contribution is 5.36. The molecule has 2 aromatic carbocycles. The molecule has 3 atom stereocenters. The molecule has 3 rings (SSSR count). The van der Waals surface area contributed by atoms with E-state index in [0.717, 1.165) is 19.5 Å². The van der Waals surface area contributed by atoms with Crippen molar-refractivity contribution in [2.24, 2.45) is 0 Å². The highest BCUT2D eigenvalue weighted by atomic mass is 15.2. The van der Waals surface area contributed by atoms with Gasteiger partial charge in [0.2, 0.25) is 0 Å². The van der Waals surface area contributed by atoms with Crippen molar-refractivity contribution in [3.05, 3.63) is 71.3 Å². The van der Waals surface area contributed by atoms with Crippen molar-refractivity contribution in [1.82, 2.24) is 9.80 Å². The number of piperidine rings is 1. The molecule has 1 aliphatic heterocycles. The molecule has 0 bridgehead atoms. The van der Waals surface area contributed by atoms with E-state index in [0.29, 0.717) is 12.1 Å². The van der Waals surface area contributed by atoms with Crippen LogP contribution in [0.25, 0.3) is 0 Å². The van der Waals surface area contributed by atoms with Crippen molar-refractivity contribution in [3.8, 4) is 0 Å². The third-order valence-electron chi connectivity index (χ3n) is 6.62. The zero-order valence-corrected chi connectivity index (χ0v) is 17.1. The molecular weight excluding hydrogens is 316 g/mol. The Labute approximate surface area is 159 Å². The summed E-state index contributed by atoms with van der Waals surface area (Å²) in [6, 6.07) is 20.9. The average Bonchev–Trinajstić information content (AvgIpc) is 2.65. The maximum Gasteiger partial charge on any atom is 0.0340 e. The fourth-order valence-corrected chi connectivity index (χ4v) is 4.99. The van der Waals surface area contributed by atoms with Gasteiger partial charge in [-0.05, 0) is 64.0 Å². The third-order valence-corrected chi connectivity index (χ3v) is 6.62. The summed E-state index contributed by atoms with van der Waals surface area (Å²) in [6.45, 7) is 9.41. The van der Waals surface area contributed by atoms with Crippen molar-refractivity contribution >= 4 is 0 Å². The number of hydrogen-bond acceptors (Lipinski definition) is 2. The van der Waals surface area contributed by atoms with Crippen LogP contribution >= 0.6 is 0 Å². The number of hydrogen-bond donors (Lipinski definition) is 0. The Hall–Kier alpha value is -1.64. The van der Waals surface area contributed by atoms with Crippen molar-refractivity contribution in [1.29, 1.82) is 0 Å². The third kappa shape index (κ3) is 3.72. The second-order valence-corrected chi connectivity index (χ2v) is 8.36. The molecule has 2 heteroatoms. The molecule has 0 N–H and O–H groups in total. The Balaban J connectivity index is 1.87. The Bertz CT molecular complexity index is 711. The van der Waals surface area contributed by atoms with Crippen LogP contribution in [0.3, 0.4) is 0 Å². The minimum Gasteiger partial charge on any atom is -0.302 e. The minimum atomic E-state index is 0.183. The molecule has 0 radical (unpaired) electrons. The van der Waals surface area contributed by atoms with Crippen molar-refractivity contribution in [3.63, 3.8) is 0 Å². The van der Waals surface area contributed by atoms with Crippen molar-refractivity contribution in [2.45, 2.75) is 51.1 Å². The van der Waals surface area contributed by atoms with Gasteiger partial charge in [0.25, 0.3) is 0 Å². The number of likely N-dealkylation sites (tertiary alicyclic amines) is 1. The monoisotopic (exact) mass is 350 g/mol. The molecule has 140 valence electrons. The van der Waals surface area contributed by atoms with Gasteiger partial charge < -0.3 is 9.80 Å². The van der Waals surface area contributed by atoms with E-state index >= 15 is 0 Å². The van der Waals surface area contributed by atoms with E-state index in [9.17, 15) is 0 Å². The Morgan fingerprint density at radius 2 is 1.73 bits per heavy atom. The molecule has 0 amide bonds. The summed E-state index contributed by atoms with van der Waals surface area (Å²) in [7, 11) is 4.60. The molecule has 1 aliphatic rings. The van der Waals surface area contributed by atoms with Gasteiger partial charge in [-0.1, -0.05) is 61.5 Å². The van der Waals surface area contributed by atoms with Crippen LogP contribution < -0.4 is 0 Å². The topological polar surface area (TPSA) is 6.48 Å². The molecule has 2 nitrogen and oxygen atoms in total. The van der Waals surface area contributed by atoms with Crippen LogP contribution in [-0.4, -0.2) is 49.1 Å². The summed E-state index contributed by atoms with van der Waals surface area (Å²) in [5.41, 5.74) is 4.56. The van der Waals surface area contributed by atoms with E-state index < -0.39 is 0 Å². The van der Waals surface area contributed by atoms with E-state index in [1.165, 1.54) is 23.1 Å². The predicted octanol–water partition coefficient (Wildman–Crippen LogP) is 4.52. The average molecular weight is 351 g/mol. The van der Waals surface area contributed by atoms with E-state index in [1.54, 1.807) is 0 Å². The van der Waals surface area contributed by atoms with Crippen LogP contribution in [-0.2, 0) is 11.8 Å². The first kappa shape index (κ1) is 19.1. The molecule has 0 aromatic heterocycles. The maximum absolute atomic E-state index is 2.61. The standard InChI is InChI=1S/C24H34N2/c1-19-11-9-10-14-22(19)24(3)16-18-25(4)20(2)23(24)26(5)17-15-21-12-7-6-8-13-21/h6-14,20,23H,15-18H2,1-5H3/t20?,23-,24+/m0/s1. The van der Waals surface area contributed by atoms with Gasteiger partial charge in [-0.15, -0.1) is 0 Å². The smallest absolute Gasteiger partial charge is 0.0340 e. The second-order valence-electron chi connectivity index (χ2n) is 8.36. The molecule has 2 aromatic rings. The van der Waals surface area contributed by atoms with Crippen LogP contribution in [0.2, 0.25) is 0 Å². The van der Waals surface area contributed by atoms with E-state index in [2.05, 4.69) is 99.3 Å². The van der Waals surface area contributed by atoms with Crippen LogP contribution in [0.4, 0.5) is 0 Å². The summed E-state index contributed by atoms with van der Waals surface area (Å²) in [5.74, 6) is 0. The van der Waals surface area contributed by atoms with E-state index in [4.69, 9.17) is 0 Å². The summed E-state index contributed by atoms with van der Waals surface area (Å²) in [6.07, 6.45) is 2.31. The molecular formula is C24H34N2. The van der Waals surface area contributed by atoms with Gasteiger partial charge in [-0.2, -0.15) is 0 Å². The summed E-state index contributed by atoms with van der Waals surface area (Å²) >= 11 is 0. The highest BCUT2D eigenvalue weighted by Gasteiger charge is 2.46. The lowest BCUT2D eigenvalue weighted by Crippen LogP contribution is -2.62. The number of aryl methyl sites for hydroxylation is 1. The van der Waals surface area contributed by atoms with Gasteiger partial charge in [0.1, 0.15) is 0 Å². The minimum absolute atomic E-state index is 0.183. The normalized spacial score (nSPS) is 27.0. The largest absolute Gasteiger partial charge is 0.302 e. The molecule has 0 saturated carbocycles. The number of likely N-dealkylation sites (N-methyl/N-ethyl adjacent to an activating group) is 2. The quantitative estimate of drug-likeness (QED) is 0.782. The van der Waals surface area contributed by atoms with E-state index in [-0.39, 0.29) is 5.41 Å². The zero-order valence-electron chi connectivity index (χ0n) is 17.1. The van der Waals surface area contributed by atoms with Crippen LogP contribution in [0.15, 0.2) is 54.6 Å². The van der Waals surface area contributed by atoms with Gasteiger partial charge >= 0.3 is 0 Å². The highest BCUT2D eigenvalue weighted by Crippen LogP contribution is 2.41. The molecule has 1 saturated heterocycles. The van der Waals surface area contributed by atoms with Gasteiger partial charge in [0, 0.05) is 24.0 Å². The second kappa shape index (κ2) is 7.94. The lowest BCUT2D eigenvalue weighted by atomic mass is 9.66. The van der Waals surface area contributed by atoms with Crippen LogP contribution in [0.1, 0.15) is 37.0 Å². The Morgan fingerprint density at radius 1 is 1.08 bits per heavy atom. The molecule has 1 fully saturated rings. The molecule has 0 aliphatic carbocycles. The first-order chi connectivity index (χ1) is 12.4. The molecule has 1 heterocycles. The van der Waals surface area contributed by atoms with Crippen molar-refractivity contribution in [2.75, 3.05) is 27.2 Å². The summed E-state index contributed by atoms with van der Waals surface area (Å²) in [4.78, 5) is 5.14. The van der Waals surface area contributed by atoms with Crippen LogP contribution in [0.5, 0.6) is 0 Å². The summed E-state index contributed by atoms with van der Waals surface area (Å²) in [5, 5.41) is 0. The maximum atomic E-state index is 2.61. The lowest BCUT2D eigenvalue weighted by Gasteiger charge is -2.53. The van der Waals surface area contributed by atoms with Crippen molar-refractivity contribution < 1.29 is 0 Å². The lowest BCUT2D eigenvalue weighted by molar-refractivity contribution is 0.0208. The first-order valence-electron chi connectivity index (χ1n) is 9.94. The predicted molar refractivity (Wildman–Crippen MR) is 112 cm³/mol. The fraction of sp³-hybridized carbons (Fsp3) is 0.500. The van der Waals surface area contributed by atoms with Gasteiger partial charge in [-0.25, -0.2) is 0 Å². The SMILES string of the molecule is Cc1ccccc1[C@@]1(C)CCN(C)C(C)[C@@H]1N(C)CCc1ccccc1. The number of benzene rings is 2. The zero-order chi connectivity index (χ0) is 18.7. The number of rotatable bonds is 5. The molecule has 1 unspecified atom stereocenters. The molecule has 0 spiro atoms. The number of nitrogens with zero attached hydrogens (tertiary/aromatic N) is 2. The Morgan fingerprint density at radius 3 is 2.42 bits per heavy atom. The van der Waals surface area contributed by atoms with Gasteiger partial charge in [-0.3, -0.25) is 0 Å². The molecule has 26 heavy (non-hydrogen) atoms. The van der Waals surface area contributed by atoms with E-state index in [1.807, 2.05) is 0 Å². The van der Waals surface area contributed by atoms with Gasteiger partial charge in [0.05, 0.1) is 0 Å². The van der Waals surface area contributed by atoms with Gasteiger partial charge in [0.15, 0.2) is 0 Å². The fourth-order valence-electron chi connectivity index (χ4n) is 4.99. The first-order valence-corrected chi connectivity index (χ1v) is 9.94.